The Bertz CT molecular complexity index is 1250. The van der Waals surface area contributed by atoms with Gasteiger partial charge in [-0.05, 0) is 36.8 Å². The molecule has 0 bridgehead atoms. The first-order chi connectivity index (χ1) is 13.5. The molecule has 2 aromatic carbocycles. The molecule has 0 aliphatic carbocycles. The predicted octanol–water partition coefficient (Wildman–Crippen LogP) is 7.15. The molecule has 0 aliphatic rings. The molecule has 0 atom stereocenters. The molecule has 28 heavy (non-hydrogen) atoms. The third-order valence-electron chi connectivity index (χ3n) is 4.32. The Hall–Kier alpha value is -2.52. The number of benzene rings is 2. The Balaban J connectivity index is 1.74. The van der Waals surface area contributed by atoms with E-state index in [1.54, 1.807) is 6.08 Å². The summed E-state index contributed by atoms with van der Waals surface area (Å²) in [6, 6.07) is 18.1. The fourth-order valence-corrected chi connectivity index (χ4v) is 4.14. The summed E-state index contributed by atoms with van der Waals surface area (Å²) in [4.78, 5) is 9.14. The summed E-state index contributed by atoms with van der Waals surface area (Å²) in [7, 11) is 0. The van der Waals surface area contributed by atoms with Crippen molar-refractivity contribution in [1.29, 1.82) is 5.26 Å². The number of nitriles is 1. The second-order valence-electron chi connectivity index (χ2n) is 6.23. The summed E-state index contributed by atoms with van der Waals surface area (Å²) in [5.74, 6) is 0. The minimum absolute atomic E-state index is 0.374. The third kappa shape index (κ3) is 3.72. The molecular weight excluding hydrogens is 454 g/mol. The number of hydrogen-bond donors (Lipinski definition) is 0. The van der Waals surface area contributed by atoms with Crippen molar-refractivity contribution >= 4 is 61.4 Å². The molecular formula is C22H13BrClN3S. The molecule has 6 heteroatoms. The molecule has 0 fully saturated rings. The Morgan fingerprint density at radius 2 is 1.96 bits per heavy atom. The fourth-order valence-electron chi connectivity index (χ4n) is 2.89. The molecule has 136 valence electrons. The van der Waals surface area contributed by atoms with Gasteiger partial charge in [0, 0.05) is 26.4 Å². The standard InChI is InChI=1S/C22H13BrClN3S/c1-13-3-2-4-15-9-16(21(24)27-20(13)15)10-17(11-25)22-26-19(12-28-22)14-5-7-18(23)8-6-14/h2-10,12H,1H3. The number of aromatic nitrogens is 2. The maximum atomic E-state index is 9.68. The lowest BCUT2D eigenvalue weighted by Crippen LogP contribution is -1.89. The highest BCUT2D eigenvalue weighted by molar-refractivity contribution is 9.10. The zero-order valence-electron chi connectivity index (χ0n) is 14.8. The number of pyridine rings is 1. The molecule has 0 amide bonds. The number of allylic oxidation sites excluding steroid dienone is 1. The number of halogens is 2. The average Bonchev–Trinajstić information content (AvgIpc) is 3.17. The Morgan fingerprint density at radius 1 is 1.18 bits per heavy atom. The van der Waals surface area contributed by atoms with Gasteiger partial charge in [-0.15, -0.1) is 11.3 Å². The highest BCUT2D eigenvalue weighted by Gasteiger charge is 2.11. The monoisotopic (exact) mass is 465 g/mol. The van der Waals surface area contributed by atoms with E-state index in [0.717, 1.165) is 32.2 Å². The van der Waals surface area contributed by atoms with Crippen molar-refractivity contribution < 1.29 is 0 Å². The molecule has 3 nitrogen and oxygen atoms in total. The van der Waals surface area contributed by atoms with Gasteiger partial charge in [-0.25, -0.2) is 9.97 Å². The van der Waals surface area contributed by atoms with Crippen molar-refractivity contribution in [2.75, 3.05) is 0 Å². The first kappa shape index (κ1) is 18.8. The van der Waals surface area contributed by atoms with E-state index in [1.807, 2.05) is 60.8 Å². The van der Waals surface area contributed by atoms with Crippen molar-refractivity contribution in [3.63, 3.8) is 0 Å². The van der Waals surface area contributed by atoms with E-state index in [1.165, 1.54) is 11.3 Å². The molecule has 4 aromatic rings. The van der Waals surface area contributed by atoms with Crippen LogP contribution in [-0.2, 0) is 0 Å². The smallest absolute Gasteiger partial charge is 0.137 e. The second-order valence-corrected chi connectivity index (χ2v) is 8.36. The maximum Gasteiger partial charge on any atom is 0.137 e. The molecule has 2 aromatic heterocycles. The highest BCUT2D eigenvalue weighted by atomic mass is 79.9. The molecule has 4 rings (SSSR count). The van der Waals surface area contributed by atoms with Gasteiger partial charge in [0.25, 0.3) is 0 Å². The molecule has 0 saturated carbocycles. The van der Waals surface area contributed by atoms with Crippen LogP contribution in [0.4, 0.5) is 0 Å². The van der Waals surface area contributed by atoms with Crippen LogP contribution in [0.2, 0.25) is 5.15 Å². The van der Waals surface area contributed by atoms with Crippen LogP contribution in [-0.4, -0.2) is 9.97 Å². The average molecular weight is 467 g/mol. The summed E-state index contributed by atoms with van der Waals surface area (Å²) >= 11 is 11.3. The number of nitrogens with zero attached hydrogens (tertiary/aromatic N) is 3. The van der Waals surface area contributed by atoms with E-state index in [9.17, 15) is 5.26 Å². The zero-order valence-corrected chi connectivity index (χ0v) is 17.9. The van der Waals surface area contributed by atoms with Crippen molar-refractivity contribution in [3.8, 4) is 17.3 Å². The predicted molar refractivity (Wildman–Crippen MR) is 120 cm³/mol. The van der Waals surface area contributed by atoms with Crippen LogP contribution in [0.5, 0.6) is 0 Å². The third-order valence-corrected chi connectivity index (χ3v) is 6.03. The molecule has 0 spiro atoms. The first-order valence-corrected chi connectivity index (χ1v) is 10.5. The number of fused-ring (bicyclic) bond motifs is 1. The quantitative estimate of drug-likeness (QED) is 0.238. The fraction of sp³-hybridized carbons (Fsp3) is 0.0455. The number of hydrogen-bond acceptors (Lipinski definition) is 4. The number of rotatable bonds is 3. The number of thiazole rings is 1. The summed E-state index contributed by atoms with van der Waals surface area (Å²) in [5, 5.41) is 13.7. The second kappa shape index (κ2) is 7.84. The minimum Gasteiger partial charge on any atom is -0.235 e. The minimum atomic E-state index is 0.374. The maximum absolute atomic E-state index is 9.68. The highest BCUT2D eigenvalue weighted by Crippen LogP contribution is 2.30. The largest absolute Gasteiger partial charge is 0.235 e. The van der Waals surface area contributed by atoms with Gasteiger partial charge in [-0.3, -0.25) is 0 Å². The van der Waals surface area contributed by atoms with Crippen molar-refractivity contribution in [3.05, 3.63) is 79.7 Å². The van der Waals surface area contributed by atoms with Crippen LogP contribution in [0.25, 0.3) is 33.8 Å². The van der Waals surface area contributed by atoms with Crippen molar-refractivity contribution in [1.82, 2.24) is 9.97 Å². The summed E-state index contributed by atoms with van der Waals surface area (Å²) in [6.07, 6.45) is 1.75. The van der Waals surface area contributed by atoms with Crippen LogP contribution < -0.4 is 0 Å². The molecule has 0 aliphatic heterocycles. The lowest BCUT2D eigenvalue weighted by Gasteiger charge is -2.05. The zero-order chi connectivity index (χ0) is 19.7. The van der Waals surface area contributed by atoms with E-state index in [2.05, 4.69) is 32.0 Å². The van der Waals surface area contributed by atoms with Gasteiger partial charge < -0.3 is 0 Å². The number of para-hydroxylation sites is 1. The SMILES string of the molecule is Cc1cccc2cc(C=C(C#N)c3nc(-c4ccc(Br)cc4)cs3)c(Cl)nc12. The summed E-state index contributed by atoms with van der Waals surface area (Å²) in [5.41, 5.74) is 4.95. The van der Waals surface area contributed by atoms with Gasteiger partial charge in [0.1, 0.15) is 16.2 Å². The van der Waals surface area contributed by atoms with Gasteiger partial charge in [0.2, 0.25) is 0 Å². The van der Waals surface area contributed by atoms with Crippen LogP contribution >= 0.6 is 38.9 Å². The number of aryl methyl sites for hydroxylation is 1. The van der Waals surface area contributed by atoms with Gasteiger partial charge in [0.15, 0.2) is 0 Å². The Labute approximate surface area is 180 Å². The van der Waals surface area contributed by atoms with Crippen LogP contribution in [0.3, 0.4) is 0 Å². The normalized spacial score (nSPS) is 11.6. The lowest BCUT2D eigenvalue weighted by atomic mass is 10.1. The van der Waals surface area contributed by atoms with Crippen LogP contribution in [0.1, 0.15) is 16.1 Å². The van der Waals surface area contributed by atoms with E-state index >= 15 is 0 Å². The Kier molecular flexibility index (Phi) is 5.27. The topological polar surface area (TPSA) is 49.6 Å². The van der Waals surface area contributed by atoms with E-state index in [-0.39, 0.29) is 0 Å². The molecule has 2 heterocycles. The van der Waals surface area contributed by atoms with E-state index < -0.39 is 0 Å². The molecule has 0 saturated heterocycles. The Morgan fingerprint density at radius 3 is 2.71 bits per heavy atom. The molecule has 0 radical (unpaired) electrons. The first-order valence-electron chi connectivity index (χ1n) is 8.44. The van der Waals surface area contributed by atoms with E-state index in [4.69, 9.17) is 11.6 Å². The van der Waals surface area contributed by atoms with Gasteiger partial charge in [-0.2, -0.15) is 5.26 Å². The van der Waals surface area contributed by atoms with Crippen molar-refractivity contribution in [2.24, 2.45) is 0 Å². The molecule has 0 unspecified atom stereocenters. The summed E-state index contributed by atoms with van der Waals surface area (Å²) < 4.78 is 1.01. The summed E-state index contributed by atoms with van der Waals surface area (Å²) in [6.45, 7) is 2.00. The van der Waals surface area contributed by atoms with Gasteiger partial charge in [-0.1, -0.05) is 57.9 Å². The van der Waals surface area contributed by atoms with Crippen LogP contribution in [0, 0.1) is 18.3 Å². The van der Waals surface area contributed by atoms with Gasteiger partial charge in [0.05, 0.1) is 16.8 Å². The van der Waals surface area contributed by atoms with Crippen LogP contribution in [0.15, 0.2) is 58.4 Å². The van der Waals surface area contributed by atoms with E-state index in [0.29, 0.717) is 21.3 Å². The van der Waals surface area contributed by atoms with Crippen molar-refractivity contribution in [2.45, 2.75) is 6.92 Å². The van der Waals surface area contributed by atoms with Gasteiger partial charge >= 0.3 is 0 Å². The molecule has 0 N–H and O–H groups in total. The lowest BCUT2D eigenvalue weighted by molar-refractivity contribution is 1.35.